The van der Waals surface area contributed by atoms with Crippen LogP contribution >= 0.6 is 11.6 Å². The first kappa shape index (κ1) is 15.5. The zero-order valence-corrected chi connectivity index (χ0v) is 12.2. The molecule has 0 radical (unpaired) electrons. The van der Waals surface area contributed by atoms with E-state index in [9.17, 15) is 0 Å². The minimum atomic E-state index is 0.153. The SMILES string of the molecule is CCCCC(CC)CC(NN)c1ccccc1Cl. The molecule has 1 aromatic rings. The van der Waals surface area contributed by atoms with Gasteiger partial charge in [-0.25, -0.2) is 0 Å². The van der Waals surface area contributed by atoms with E-state index in [1.54, 1.807) is 0 Å². The minimum absolute atomic E-state index is 0.153. The average molecular weight is 269 g/mol. The Morgan fingerprint density at radius 1 is 1.28 bits per heavy atom. The Hall–Kier alpha value is -0.570. The maximum Gasteiger partial charge on any atom is 0.0477 e. The first-order chi connectivity index (χ1) is 8.72. The second-order valence-electron chi connectivity index (χ2n) is 4.89. The van der Waals surface area contributed by atoms with E-state index in [1.165, 1.54) is 25.7 Å². The summed E-state index contributed by atoms with van der Waals surface area (Å²) in [7, 11) is 0. The van der Waals surface area contributed by atoms with Crippen LogP contribution in [0.25, 0.3) is 0 Å². The first-order valence-electron chi connectivity index (χ1n) is 6.93. The number of nitrogens with two attached hydrogens (primary N) is 1. The molecular formula is C15H25ClN2. The van der Waals surface area contributed by atoms with Crippen molar-refractivity contribution in [3.05, 3.63) is 34.9 Å². The largest absolute Gasteiger partial charge is 0.271 e. The van der Waals surface area contributed by atoms with Gasteiger partial charge in [-0.2, -0.15) is 0 Å². The lowest BCUT2D eigenvalue weighted by Gasteiger charge is -2.23. The first-order valence-corrected chi connectivity index (χ1v) is 7.31. The van der Waals surface area contributed by atoms with Crippen molar-refractivity contribution in [3.63, 3.8) is 0 Å². The molecule has 0 aliphatic rings. The van der Waals surface area contributed by atoms with Gasteiger partial charge in [0, 0.05) is 11.1 Å². The number of benzene rings is 1. The van der Waals surface area contributed by atoms with Crippen molar-refractivity contribution >= 4 is 11.6 Å². The van der Waals surface area contributed by atoms with E-state index in [1.807, 2.05) is 18.2 Å². The van der Waals surface area contributed by atoms with Crippen molar-refractivity contribution in [1.82, 2.24) is 5.43 Å². The van der Waals surface area contributed by atoms with Gasteiger partial charge in [-0.15, -0.1) is 0 Å². The summed E-state index contributed by atoms with van der Waals surface area (Å²) < 4.78 is 0. The summed E-state index contributed by atoms with van der Waals surface area (Å²) in [5.74, 6) is 6.41. The van der Waals surface area contributed by atoms with Gasteiger partial charge >= 0.3 is 0 Å². The molecule has 0 fully saturated rings. The van der Waals surface area contributed by atoms with Crippen LogP contribution in [-0.2, 0) is 0 Å². The molecule has 102 valence electrons. The third-order valence-corrected chi connectivity index (χ3v) is 3.94. The summed E-state index contributed by atoms with van der Waals surface area (Å²) in [4.78, 5) is 0. The monoisotopic (exact) mass is 268 g/mol. The molecule has 0 saturated carbocycles. The standard InChI is InChI=1S/C15H25ClN2/c1-3-5-8-12(4-2)11-15(18-17)13-9-6-7-10-14(13)16/h6-7,9-10,12,15,18H,3-5,8,11,17H2,1-2H3. The van der Waals surface area contributed by atoms with E-state index in [0.717, 1.165) is 17.0 Å². The van der Waals surface area contributed by atoms with Crippen LogP contribution in [0, 0.1) is 5.92 Å². The van der Waals surface area contributed by atoms with Crippen LogP contribution in [0.3, 0.4) is 0 Å². The molecule has 0 saturated heterocycles. The van der Waals surface area contributed by atoms with E-state index in [0.29, 0.717) is 5.92 Å². The van der Waals surface area contributed by atoms with Crippen LogP contribution in [0.5, 0.6) is 0 Å². The fourth-order valence-electron chi connectivity index (χ4n) is 2.36. The van der Waals surface area contributed by atoms with Crippen LogP contribution in [0.1, 0.15) is 57.6 Å². The van der Waals surface area contributed by atoms with Crippen molar-refractivity contribution in [2.75, 3.05) is 0 Å². The lowest BCUT2D eigenvalue weighted by Crippen LogP contribution is -2.30. The maximum atomic E-state index is 6.23. The molecule has 2 nitrogen and oxygen atoms in total. The molecular weight excluding hydrogens is 244 g/mol. The van der Waals surface area contributed by atoms with Crippen LogP contribution in [-0.4, -0.2) is 0 Å². The molecule has 3 heteroatoms. The van der Waals surface area contributed by atoms with Crippen molar-refractivity contribution < 1.29 is 0 Å². The smallest absolute Gasteiger partial charge is 0.0477 e. The summed E-state index contributed by atoms with van der Waals surface area (Å²) in [6.07, 6.45) is 6.07. The number of rotatable bonds is 8. The molecule has 0 aliphatic carbocycles. The van der Waals surface area contributed by atoms with E-state index < -0.39 is 0 Å². The Kier molecular flexibility index (Phi) is 7.33. The third-order valence-electron chi connectivity index (χ3n) is 3.59. The lowest BCUT2D eigenvalue weighted by atomic mass is 9.89. The van der Waals surface area contributed by atoms with E-state index in [2.05, 4.69) is 25.3 Å². The maximum absolute atomic E-state index is 6.23. The number of hydrazine groups is 1. The van der Waals surface area contributed by atoms with Crippen LogP contribution in [0.15, 0.2) is 24.3 Å². The van der Waals surface area contributed by atoms with Gasteiger partial charge in [-0.3, -0.25) is 11.3 Å². The van der Waals surface area contributed by atoms with Crippen molar-refractivity contribution in [2.45, 2.75) is 52.0 Å². The van der Waals surface area contributed by atoms with Gasteiger partial charge in [0.1, 0.15) is 0 Å². The minimum Gasteiger partial charge on any atom is -0.271 e. The summed E-state index contributed by atoms with van der Waals surface area (Å²) in [5.41, 5.74) is 4.02. The van der Waals surface area contributed by atoms with Crippen molar-refractivity contribution in [3.8, 4) is 0 Å². The highest BCUT2D eigenvalue weighted by Crippen LogP contribution is 2.30. The van der Waals surface area contributed by atoms with Gasteiger partial charge in [-0.05, 0) is 24.0 Å². The second kappa shape index (κ2) is 8.52. The van der Waals surface area contributed by atoms with Gasteiger partial charge < -0.3 is 0 Å². The molecule has 3 N–H and O–H groups in total. The topological polar surface area (TPSA) is 38.0 Å². The summed E-state index contributed by atoms with van der Waals surface area (Å²) >= 11 is 6.23. The van der Waals surface area contributed by atoms with E-state index >= 15 is 0 Å². The van der Waals surface area contributed by atoms with Crippen LogP contribution < -0.4 is 11.3 Å². The molecule has 2 atom stereocenters. The van der Waals surface area contributed by atoms with Gasteiger partial charge in [0.05, 0.1) is 0 Å². The molecule has 1 rings (SSSR count). The number of hydrogen-bond donors (Lipinski definition) is 2. The number of nitrogens with one attached hydrogen (secondary N) is 1. The summed E-state index contributed by atoms with van der Waals surface area (Å²) in [6, 6.07) is 8.10. The van der Waals surface area contributed by atoms with Gasteiger partial charge in [0.2, 0.25) is 0 Å². The molecule has 0 spiro atoms. The van der Waals surface area contributed by atoms with Crippen LogP contribution in [0.2, 0.25) is 5.02 Å². The number of unbranched alkanes of at least 4 members (excludes halogenated alkanes) is 1. The van der Waals surface area contributed by atoms with Gasteiger partial charge in [0.15, 0.2) is 0 Å². The molecule has 18 heavy (non-hydrogen) atoms. The Morgan fingerprint density at radius 3 is 2.56 bits per heavy atom. The Bertz CT molecular complexity index is 341. The highest BCUT2D eigenvalue weighted by Gasteiger charge is 2.17. The predicted octanol–water partition coefficient (Wildman–Crippen LogP) is 4.45. The second-order valence-corrected chi connectivity index (χ2v) is 5.30. The quantitative estimate of drug-likeness (QED) is 0.540. The third kappa shape index (κ3) is 4.60. The zero-order chi connectivity index (χ0) is 13.4. The summed E-state index contributed by atoms with van der Waals surface area (Å²) in [6.45, 7) is 4.49. The Balaban J connectivity index is 2.68. The average Bonchev–Trinajstić information content (AvgIpc) is 2.40. The fourth-order valence-corrected chi connectivity index (χ4v) is 2.62. The van der Waals surface area contributed by atoms with Crippen LogP contribution in [0.4, 0.5) is 0 Å². The number of hydrogen-bond acceptors (Lipinski definition) is 2. The normalized spacial score (nSPS) is 14.4. The summed E-state index contributed by atoms with van der Waals surface area (Å²) in [5, 5.41) is 0.797. The highest BCUT2D eigenvalue weighted by atomic mass is 35.5. The fraction of sp³-hybridized carbons (Fsp3) is 0.600. The Labute approximate surface area is 116 Å². The molecule has 2 unspecified atom stereocenters. The van der Waals surface area contributed by atoms with Gasteiger partial charge in [0.25, 0.3) is 0 Å². The van der Waals surface area contributed by atoms with Gasteiger partial charge in [-0.1, -0.05) is 69.3 Å². The molecule has 0 aliphatic heterocycles. The number of halogens is 1. The predicted molar refractivity (Wildman–Crippen MR) is 79.4 cm³/mol. The molecule has 0 amide bonds. The van der Waals surface area contributed by atoms with E-state index in [-0.39, 0.29) is 6.04 Å². The zero-order valence-electron chi connectivity index (χ0n) is 11.5. The molecule has 1 aromatic carbocycles. The molecule has 0 bridgehead atoms. The molecule has 0 aromatic heterocycles. The Morgan fingerprint density at radius 2 is 2.00 bits per heavy atom. The highest BCUT2D eigenvalue weighted by molar-refractivity contribution is 6.31. The molecule has 0 heterocycles. The van der Waals surface area contributed by atoms with E-state index in [4.69, 9.17) is 17.4 Å². The van der Waals surface area contributed by atoms with Crippen molar-refractivity contribution in [2.24, 2.45) is 11.8 Å². The lowest BCUT2D eigenvalue weighted by molar-refractivity contribution is 0.356. The van der Waals surface area contributed by atoms with Crippen molar-refractivity contribution in [1.29, 1.82) is 0 Å².